The second kappa shape index (κ2) is 10.5. The third-order valence-corrected chi connectivity index (χ3v) is 6.24. The highest BCUT2D eigenvalue weighted by molar-refractivity contribution is 5.79. The van der Waals surface area contributed by atoms with Crippen LogP contribution in [0.15, 0.2) is 48.5 Å². The van der Waals surface area contributed by atoms with Crippen molar-refractivity contribution in [2.24, 2.45) is 5.92 Å². The zero-order valence-electron chi connectivity index (χ0n) is 18.3. The number of carbonyl (C=O) groups is 3. The van der Waals surface area contributed by atoms with Gasteiger partial charge in [0.25, 0.3) is 0 Å². The molecule has 8 nitrogen and oxygen atoms in total. The van der Waals surface area contributed by atoms with Gasteiger partial charge in [-0.3, -0.25) is 9.59 Å². The first-order chi connectivity index (χ1) is 16.0. The predicted molar refractivity (Wildman–Crippen MR) is 121 cm³/mol. The molecule has 0 radical (unpaired) electrons. The molecule has 2 aromatic rings. The molecule has 1 saturated carbocycles. The molecule has 0 saturated heterocycles. The number of hydrogen-bond donors (Lipinski definition) is 3. The monoisotopic (exact) mass is 452 g/mol. The summed E-state index contributed by atoms with van der Waals surface area (Å²) in [4.78, 5) is 35.0. The van der Waals surface area contributed by atoms with Crippen molar-refractivity contribution in [2.45, 2.75) is 31.2 Å². The Kier molecular flexibility index (Phi) is 7.24. The van der Waals surface area contributed by atoms with Gasteiger partial charge in [0.05, 0.1) is 12.5 Å². The minimum Gasteiger partial charge on any atom is -0.481 e. The van der Waals surface area contributed by atoms with E-state index in [4.69, 9.17) is 14.6 Å². The van der Waals surface area contributed by atoms with Crippen LogP contribution in [0.5, 0.6) is 0 Å². The van der Waals surface area contributed by atoms with Crippen molar-refractivity contribution in [3.05, 3.63) is 59.7 Å². The van der Waals surface area contributed by atoms with Gasteiger partial charge >= 0.3 is 12.1 Å². The van der Waals surface area contributed by atoms with E-state index in [1.807, 2.05) is 24.3 Å². The average Bonchev–Trinajstić information content (AvgIpc) is 3.40. The maximum Gasteiger partial charge on any atom is 0.407 e. The molecule has 174 valence electrons. The highest BCUT2D eigenvalue weighted by Gasteiger charge is 2.31. The summed E-state index contributed by atoms with van der Waals surface area (Å²) in [6.45, 7) is 0.483. The van der Waals surface area contributed by atoms with Gasteiger partial charge in [-0.15, -0.1) is 0 Å². The van der Waals surface area contributed by atoms with Gasteiger partial charge in [-0.1, -0.05) is 48.5 Å². The van der Waals surface area contributed by atoms with Crippen molar-refractivity contribution in [3.63, 3.8) is 0 Å². The lowest BCUT2D eigenvalue weighted by atomic mass is 9.98. The Hall–Kier alpha value is -3.39. The van der Waals surface area contributed by atoms with Gasteiger partial charge in [0, 0.05) is 18.5 Å². The molecule has 2 aromatic carbocycles. The minimum atomic E-state index is -0.817. The van der Waals surface area contributed by atoms with E-state index in [0.717, 1.165) is 11.1 Å². The molecular weight excluding hydrogens is 424 g/mol. The number of hydrogen-bond acceptors (Lipinski definition) is 5. The maximum atomic E-state index is 12.1. The fraction of sp³-hybridized carbons (Fsp3) is 0.400. The van der Waals surface area contributed by atoms with Crippen molar-refractivity contribution in [1.82, 2.24) is 10.6 Å². The summed E-state index contributed by atoms with van der Waals surface area (Å²) >= 11 is 0. The van der Waals surface area contributed by atoms with Gasteiger partial charge in [-0.2, -0.15) is 0 Å². The number of aliphatic carboxylic acids is 1. The van der Waals surface area contributed by atoms with E-state index in [2.05, 4.69) is 34.9 Å². The van der Waals surface area contributed by atoms with Crippen LogP contribution in [0.3, 0.4) is 0 Å². The first-order valence-corrected chi connectivity index (χ1v) is 11.2. The second-order valence-electron chi connectivity index (χ2n) is 8.42. The molecule has 2 atom stereocenters. The Balaban J connectivity index is 1.13. The summed E-state index contributed by atoms with van der Waals surface area (Å²) < 4.78 is 10.8. The van der Waals surface area contributed by atoms with E-state index in [1.165, 1.54) is 11.1 Å². The number of fused-ring (bicyclic) bond motifs is 3. The average molecular weight is 453 g/mol. The Labute approximate surface area is 192 Å². The predicted octanol–water partition coefficient (Wildman–Crippen LogP) is 2.91. The highest BCUT2D eigenvalue weighted by Crippen LogP contribution is 2.44. The molecule has 4 rings (SSSR count). The van der Waals surface area contributed by atoms with Crippen LogP contribution in [-0.2, 0) is 19.1 Å². The molecular formula is C25H28N2O6. The van der Waals surface area contributed by atoms with Gasteiger partial charge in [0.1, 0.15) is 13.2 Å². The summed E-state index contributed by atoms with van der Waals surface area (Å²) in [5.41, 5.74) is 4.64. The molecule has 0 heterocycles. The van der Waals surface area contributed by atoms with Gasteiger partial charge in [0.2, 0.25) is 5.91 Å². The molecule has 33 heavy (non-hydrogen) atoms. The quantitative estimate of drug-likeness (QED) is 0.504. The van der Waals surface area contributed by atoms with Gasteiger partial charge in [-0.25, -0.2) is 4.79 Å². The maximum absolute atomic E-state index is 12.1. The standard InChI is InChI=1S/C25H28N2O6/c28-23(27-17-10-9-16(13-17)24(29)30)15-32-12-11-26-25(31)33-14-22-20-7-3-1-5-18(20)19-6-2-4-8-21(19)22/h1-8,16-17,22H,9-15H2,(H,26,31)(H,27,28)(H,29,30)/t16-,17+/m1/s1. The Bertz CT molecular complexity index is 978. The second-order valence-corrected chi connectivity index (χ2v) is 8.42. The van der Waals surface area contributed by atoms with Crippen molar-refractivity contribution >= 4 is 18.0 Å². The number of carboxylic acid groups (broad SMARTS) is 1. The normalized spacial score (nSPS) is 18.9. The van der Waals surface area contributed by atoms with Gasteiger partial charge in [-0.05, 0) is 41.5 Å². The van der Waals surface area contributed by atoms with E-state index in [-0.39, 0.29) is 44.2 Å². The summed E-state index contributed by atoms with van der Waals surface area (Å²) in [6, 6.07) is 16.2. The van der Waals surface area contributed by atoms with Crippen molar-refractivity contribution in [2.75, 3.05) is 26.4 Å². The molecule has 0 bridgehead atoms. The number of alkyl carbamates (subject to hydrolysis) is 1. The lowest BCUT2D eigenvalue weighted by Gasteiger charge is -2.15. The van der Waals surface area contributed by atoms with Crippen LogP contribution in [0.1, 0.15) is 36.3 Å². The van der Waals surface area contributed by atoms with Crippen molar-refractivity contribution < 1.29 is 29.0 Å². The van der Waals surface area contributed by atoms with Gasteiger partial charge < -0.3 is 25.2 Å². The third kappa shape index (κ3) is 5.51. The SMILES string of the molecule is O=C(COCCNC(=O)OCC1c2ccccc2-c2ccccc21)N[C@H]1CC[C@@H](C(=O)O)C1. The zero-order chi connectivity index (χ0) is 23.2. The Morgan fingerprint density at radius 3 is 2.27 bits per heavy atom. The number of nitrogens with one attached hydrogen (secondary N) is 2. The van der Waals surface area contributed by atoms with E-state index < -0.39 is 18.0 Å². The molecule has 0 unspecified atom stereocenters. The molecule has 2 aliphatic carbocycles. The lowest BCUT2D eigenvalue weighted by molar-refractivity contribution is -0.141. The van der Waals surface area contributed by atoms with E-state index in [9.17, 15) is 14.4 Å². The zero-order valence-corrected chi connectivity index (χ0v) is 18.3. The number of benzene rings is 2. The first kappa shape index (κ1) is 22.8. The summed E-state index contributed by atoms with van der Waals surface area (Å²) in [7, 11) is 0. The lowest BCUT2D eigenvalue weighted by Crippen LogP contribution is -2.36. The van der Waals surface area contributed by atoms with Gasteiger partial charge in [0.15, 0.2) is 0 Å². The molecule has 0 aliphatic heterocycles. The fourth-order valence-electron chi connectivity index (χ4n) is 4.65. The summed E-state index contributed by atoms with van der Waals surface area (Å²) in [5, 5.41) is 14.4. The molecule has 0 spiro atoms. The minimum absolute atomic E-state index is 0.000548. The topological polar surface area (TPSA) is 114 Å². The molecule has 2 aliphatic rings. The molecule has 1 fully saturated rings. The molecule has 2 amide bonds. The third-order valence-electron chi connectivity index (χ3n) is 6.24. The Morgan fingerprint density at radius 1 is 0.970 bits per heavy atom. The molecule has 8 heteroatoms. The van der Waals surface area contributed by atoms with Crippen LogP contribution >= 0.6 is 0 Å². The van der Waals surface area contributed by atoms with E-state index in [0.29, 0.717) is 19.3 Å². The van der Waals surface area contributed by atoms with Crippen LogP contribution in [0.25, 0.3) is 11.1 Å². The first-order valence-electron chi connectivity index (χ1n) is 11.2. The number of carboxylic acids is 1. The largest absolute Gasteiger partial charge is 0.481 e. The smallest absolute Gasteiger partial charge is 0.407 e. The number of amides is 2. The van der Waals surface area contributed by atoms with Crippen LogP contribution in [-0.4, -0.2) is 55.5 Å². The molecule has 3 N–H and O–H groups in total. The highest BCUT2D eigenvalue weighted by atomic mass is 16.5. The number of carbonyl (C=O) groups excluding carboxylic acids is 2. The van der Waals surface area contributed by atoms with E-state index in [1.54, 1.807) is 0 Å². The fourth-order valence-corrected chi connectivity index (χ4v) is 4.65. The van der Waals surface area contributed by atoms with Crippen LogP contribution in [0, 0.1) is 5.92 Å². The van der Waals surface area contributed by atoms with Crippen molar-refractivity contribution in [3.8, 4) is 11.1 Å². The van der Waals surface area contributed by atoms with Crippen LogP contribution in [0.2, 0.25) is 0 Å². The Morgan fingerprint density at radius 2 is 1.64 bits per heavy atom. The van der Waals surface area contributed by atoms with Crippen LogP contribution in [0.4, 0.5) is 4.79 Å². The van der Waals surface area contributed by atoms with E-state index >= 15 is 0 Å². The molecule has 0 aromatic heterocycles. The number of ether oxygens (including phenoxy) is 2. The van der Waals surface area contributed by atoms with Crippen molar-refractivity contribution in [1.29, 1.82) is 0 Å². The van der Waals surface area contributed by atoms with Crippen LogP contribution < -0.4 is 10.6 Å². The number of rotatable bonds is 9. The summed E-state index contributed by atoms with van der Waals surface area (Å²) in [5.74, 6) is -1.49. The summed E-state index contributed by atoms with van der Waals surface area (Å²) in [6.07, 6.45) is 1.15.